The summed E-state index contributed by atoms with van der Waals surface area (Å²) in [6.45, 7) is 2.03. The second-order valence-corrected chi connectivity index (χ2v) is 2.12. The number of allylic oxidation sites excluding steroid dienone is 2. The van der Waals surface area contributed by atoms with Crippen LogP contribution in [0.3, 0.4) is 0 Å². The summed E-state index contributed by atoms with van der Waals surface area (Å²) < 4.78 is 5.08. The number of methoxy groups -OCH3 is 1. The zero-order valence-corrected chi connectivity index (χ0v) is 11.1. The molecule has 12 heavy (non-hydrogen) atoms. The first-order valence-electron chi connectivity index (χ1n) is 3.14. The van der Waals surface area contributed by atoms with E-state index < -0.39 is 0 Å². The smallest absolute Gasteiger partial charge is 1.00 e. The number of hydrogen-bond acceptors (Lipinski definition) is 1. The van der Waals surface area contributed by atoms with E-state index >= 15 is 0 Å². The van der Waals surface area contributed by atoms with Crippen molar-refractivity contribution in [3.05, 3.63) is 23.8 Å². The molecule has 1 unspecified atom stereocenters. The Morgan fingerprint density at radius 2 is 2.08 bits per heavy atom. The van der Waals surface area contributed by atoms with E-state index in [1.807, 2.05) is 6.92 Å². The summed E-state index contributed by atoms with van der Waals surface area (Å²) in [4.78, 5) is 0. The maximum atomic E-state index is 5.08. The molecule has 0 fully saturated rings. The Labute approximate surface area is 106 Å². The molecule has 4 heteroatoms. The molecule has 0 amide bonds. The molecule has 1 nitrogen and oxygen atoms in total. The van der Waals surface area contributed by atoms with Gasteiger partial charge in [-0.15, -0.1) is 6.42 Å². The molecule has 0 aromatic heterocycles. The fourth-order valence-corrected chi connectivity index (χ4v) is 0.828. The van der Waals surface area contributed by atoms with Gasteiger partial charge in [-0.25, -0.2) is 6.08 Å². The van der Waals surface area contributed by atoms with Crippen molar-refractivity contribution in [1.29, 1.82) is 0 Å². The van der Waals surface area contributed by atoms with Crippen molar-refractivity contribution in [2.75, 3.05) is 7.11 Å². The van der Waals surface area contributed by atoms with Crippen molar-refractivity contribution in [2.24, 2.45) is 0 Å². The van der Waals surface area contributed by atoms with Gasteiger partial charge in [0.2, 0.25) is 0 Å². The SMILES string of the molecule is COC(C)C1=[C-]CC=C1.[Cl-].[Cl-].[Zr+3]. The summed E-state index contributed by atoms with van der Waals surface area (Å²) in [5.74, 6) is 0. The van der Waals surface area contributed by atoms with Crippen LogP contribution >= 0.6 is 0 Å². The standard InChI is InChI=1S/C8H11O.2ClH.Zr/c1-7(9-2)8-5-3-4-6-8;;;/h3,5,7H,4H2,1-2H3;2*1H;/q-1;;;+3/p-2. The van der Waals surface area contributed by atoms with Gasteiger partial charge >= 0.3 is 26.2 Å². The first-order valence-corrected chi connectivity index (χ1v) is 3.14. The molecule has 1 rings (SSSR count). The molecule has 0 N–H and O–H groups in total. The summed E-state index contributed by atoms with van der Waals surface area (Å²) in [5, 5.41) is 0. The van der Waals surface area contributed by atoms with Crippen LogP contribution in [0.5, 0.6) is 0 Å². The summed E-state index contributed by atoms with van der Waals surface area (Å²) in [5.41, 5.74) is 1.18. The Hall–Kier alpha value is 0.903. The predicted molar refractivity (Wildman–Crippen MR) is 37.0 cm³/mol. The van der Waals surface area contributed by atoms with Crippen LogP contribution in [0.4, 0.5) is 0 Å². The summed E-state index contributed by atoms with van der Waals surface area (Å²) in [7, 11) is 1.71. The molecule has 67 valence electrons. The van der Waals surface area contributed by atoms with E-state index in [0.29, 0.717) is 0 Å². The normalized spacial score (nSPS) is 15.0. The average molecular weight is 285 g/mol. The van der Waals surface area contributed by atoms with Crippen molar-refractivity contribution in [2.45, 2.75) is 19.4 Å². The van der Waals surface area contributed by atoms with Crippen molar-refractivity contribution < 1.29 is 55.8 Å². The third kappa shape index (κ3) is 5.53. The molecule has 1 aliphatic carbocycles. The molecule has 1 aliphatic rings. The van der Waals surface area contributed by atoms with Crippen molar-refractivity contribution in [3.63, 3.8) is 0 Å². The zero-order chi connectivity index (χ0) is 6.69. The van der Waals surface area contributed by atoms with Crippen LogP contribution in [-0.2, 0) is 30.9 Å². The minimum absolute atomic E-state index is 0. The van der Waals surface area contributed by atoms with Crippen molar-refractivity contribution in [1.82, 2.24) is 0 Å². The third-order valence-corrected chi connectivity index (χ3v) is 1.51. The quantitative estimate of drug-likeness (QED) is 0.467. The molecule has 0 aromatic rings. The first-order chi connectivity index (χ1) is 4.34. The molecule has 0 aliphatic heterocycles. The van der Waals surface area contributed by atoms with Crippen LogP contribution in [0.15, 0.2) is 17.7 Å². The number of rotatable bonds is 2. The van der Waals surface area contributed by atoms with Crippen LogP contribution in [-0.4, -0.2) is 13.2 Å². The maximum absolute atomic E-state index is 5.08. The van der Waals surface area contributed by atoms with Gasteiger partial charge in [0.15, 0.2) is 0 Å². The third-order valence-electron chi connectivity index (χ3n) is 1.51. The second-order valence-electron chi connectivity index (χ2n) is 2.12. The molecule has 0 saturated heterocycles. The first kappa shape index (κ1) is 18.6. The molecule has 0 spiro atoms. The van der Waals surface area contributed by atoms with Gasteiger partial charge in [0, 0.05) is 13.2 Å². The number of halogens is 2. The number of hydrogen-bond donors (Lipinski definition) is 0. The number of ether oxygens (including phenoxy) is 1. The Morgan fingerprint density at radius 3 is 2.42 bits per heavy atom. The van der Waals surface area contributed by atoms with Gasteiger partial charge in [-0.1, -0.05) is 0 Å². The van der Waals surface area contributed by atoms with Gasteiger partial charge in [0.1, 0.15) is 0 Å². The molecule has 1 radical (unpaired) electrons. The van der Waals surface area contributed by atoms with Crippen LogP contribution in [0.2, 0.25) is 0 Å². The van der Waals surface area contributed by atoms with Crippen molar-refractivity contribution >= 4 is 0 Å². The van der Waals surface area contributed by atoms with Gasteiger partial charge in [0.05, 0.1) is 0 Å². The van der Waals surface area contributed by atoms with E-state index in [2.05, 4.69) is 18.2 Å². The average Bonchev–Trinajstić information content (AvgIpc) is 2.37. The molecular weight excluding hydrogens is 274 g/mol. The van der Waals surface area contributed by atoms with Crippen LogP contribution < -0.4 is 24.8 Å². The van der Waals surface area contributed by atoms with Crippen LogP contribution in [0.1, 0.15) is 13.3 Å². The Kier molecular flexibility index (Phi) is 15.5. The summed E-state index contributed by atoms with van der Waals surface area (Å²) >= 11 is 0. The molecule has 1 atom stereocenters. The monoisotopic (exact) mass is 283 g/mol. The van der Waals surface area contributed by atoms with Gasteiger partial charge in [-0.05, 0) is 6.92 Å². The fraction of sp³-hybridized carbons (Fsp3) is 0.500. The van der Waals surface area contributed by atoms with E-state index in [-0.39, 0.29) is 57.1 Å². The zero-order valence-electron chi connectivity index (χ0n) is 7.10. The van der Waals surface area contributed by atoms with Gasteiger partial charge in [-0.3, -0.25) is 6.08 Å². The molecule has 0 heterocycles. The van der Waals surface area contributed by atoms with Gasteiger partial charge in [0.25, 0.3) is 0 Å². The largest absolute Gasteiger partial charge is 3.00 e. The maximum Gasteiger partial charge on any atom is 3.00 e. The summed E-state index contributed by atoms with van der Waals surface area (Å²) in [6.07, 6.45) is 8.50. The Morgan fingerprint density at radius 1 is 1.50 bits per heavy atom. The van der Waals surface area contributed by atoms with Crippen molar-refractivity contribution in [3.8, 4) is 0 Å². The molecule has 0 saturated carbocycles. The fourth-order valence-electron chi connectivity index (χ4n) is 0.828. The minimum atomic E-state index is 0. The van der Waals surface area contributed by atoms with E-state index in [9.17, 15) is 0 Å². The topological polar surface area (TPSA) is 9.23 Å². The van der Waals surface area contributed by atoms with E-state index in [1.54, 1.807) is 7.11 Å². The second kappa shape index (κ2) is 9.99. The molecule has 0 aromatic carbocycles. The van der Waals surface area contributed by atoms with Gasteiger partial charge in [-0.2, -0.15) is 11.6 Å². The molecular formula is C8H11Cl2OZr. The van der Waals surface area contributed by atoms with E-state index in [4.69, 9.17) is 4.74 Å². The van der Waals surface area contributed by atoms with Gasteiger partial charge < -0.3 is 29.6 Å². The Balaban J connectivity index is -0.000000270. The van der Waals surface area contributed by atoms with Crippen LogP contribution in [0, 0.1) is 6.08 Å². The molecule has 0 bridgehead atoms. The summed E-state index contributed by atoms with van der Waals surface area (Å²) in [6, 6.07) is 0. The van der Waals surface area contributed by atoms with E-state index in [1.165, 1.54) is 5.57 Å². The minimum Gasteiger partial charge on any atom is -1.00 e. The predicted octanol–water partition coefficient (Wildman–Crippen LogP) is -4.28. The van der Waals surface area contributed by atoms with E-state index in [0.717, 1.165) is 6.42 Å². The van der Waals surface area contributed by atoms with Crippen LogP contribution in [0.25, 0.3) is 0 Å². The Bertz CT molecular complexity index is 157.